The summed E-state index contributed by atoms with van der Waals surface area (Å²) in [7, 11) is 0. The number of benzene rings is 6. The van der Waals surface area contributed by atoms with Crippen LogP contribution in [0.2, 0.25) is 0 Å². The van der Waals surface area contributed by atoms with Crippen LogP contribution >= 0.6 is 0 Å². The van der Waals surface area contributed by atoms with Crippen molar-refractivity contribution < 1.29 is 0 Å². The van der Waals surface area contributed by atoms with E-state index in [2.05, 4.69) is 152 Å². The first-order chi connectivity index (χ1) is 19.3. The Morgan fingerprint density at radius 2 is 0.538 bits per heavy atom. The third kappa shape index (κ3) is 4.68. The Hall–Kier alpha value is -5.12. The second-order valence-corrected chi connectivity index (χ2v) is 9.72. The molecule has 0 spiro atoms. The van der Waals surface area contributed by atoms with Gasteiger partial charge in [-0.05, 0) is 50.1 Å². The van der Waals surface area contributed by atoms with Gasteiger partial charge in [0.2, 0.25) is 0 Å². The van der Waals surface area contributed by atoms with Gasteiger partial charge in [-0.1, -0.05) is 170 Å². The van der Waals surface area contributed by atoms with Gasteiger partial charge in [-0.2, -0.15) is 0 Å². The molecule has 0 amide bonds. The summed E-state index contributed by atoms with van der Waals surface area (Å²) >= 11 is 0. The molecule has 0 heteroatoms. The first kappa shape index (κ1) is 24.2. The van der Waals surface area contributed by atoms with E-state index in [4.69, 9.17) is 6.42 Å². The molecule has 0 aliphatic carbocycles. The predicted molar refractivity (Wildman–Crippen MR) is 164 cm³/mol. The van der Waals surface area contributed by atoms with Gasteiger partial charge in [0, 0.05) is 0 Å². The van der Waals surface area contributed by atoms with Gasteiger partial charge >= 0.3 is 0 Å². The molecule has 0 aromatic heterocycles. The second kappa shape index (κ2) is 10.7. The van der Waals surface area contributed by atoms with Crippen molar-refractivity contribution in [1.29, 1.82) is 0 Å². The van der Waals surface area contributed by atoms with E-state index in [1.54, 1.807) is 0 Å². The summed E-state index contributed by atoms with van der Waals surface area (Å²) < 4.78 is 0. The molecule has 0 saturated carbocycles. The maximum atomic E-state index is 6.50. The van der Waals surface area contributed by atoms with Crippen molar-refractivity contribution in [3.8, 4) is 45.7 Å². The minimum absolute atomic E-state index is 0.736. The molecule has 0 aliphatic rings. The SMILES string of the molecule is C#CC(c1ccc(-c2ccccc2)cc1)(c1ccc(-c2ccccc2)cc1)c1ccc(-c2ccccc2)cc1. The molecule has 6 aromatic carbocycles. The standard InChI is InChI=1S/C39H28/c1-2-39(36-24-18-33(19-25-36)30-12-6-3-7-13-30,37-26-20-34(21-27-37)31-14-8-4-9-15-31)38-28-22-35(23-29-38)32-16-10-5-11-17-32/h1,3-29H. The van der Waals surface area contributed by atoms with Gasteiger partial charge < -0.3 is 0 Å². The normalized spacial score (nSPS) is 11.1. The molecule has 0 bridgehead atoms. The molecule has 0 unspecified atom stereocenters. The zero-order chi connectivity index (χ0) is 26.5. The van der Waals surface area contributed by atoms with Gasteiger partial charge in [-0.15, -0.1) is 6.42 Å². The number of rotatable bonds is 6. The van der Waals surface area contributed by atoms with E-state index in [0.29, 0.717) is 0 Å². The Bertz CT molecular complexity index is 1490. The molecular weight excluding hydrogens is 468 g/mol. The van der Waals surface area contributed by atoms with E-state index in [-0.39, 0.29) is 0 Å². The van der Waals surface area contributed by atoms with Crippen LogP contribution in [-0.2, 0) is 5.41 Å². The molecule has 0 heterocycles. The van der Waals surface area contributed by atoms with E-state index in [0.717, 1.165) is 16.7 Å². The molecular formula is C39H28. The lowest BCUT2D eigenvalue weighted by Crippen LogP contribution is -2.27. The summed E-state index contributed by atoms with van der Waals surface area (Å²) in [5.74, 6) is 3.24. The van der Waals surface area contributed by atoms with Crippen LogP contribution in [0, 0.1) is 12.3 Å². The zero-order valence-corrected chi connectivity index (χ0v) is 21.7. The van der Waals surface area contributed by atoms with E-state index in [9.17, 15) is 0 Å². The van der Waals surface area contributed by atoms with Gasteiger partial charge in [-0.3, -0.25) is 0 Å². The zero-order valence-electron chi connectivity index (χ0n) is 21.7. The summed E-state index contributed by atoms with van der Waals surface area (Å²) in [6.07, 6.45) is 6.50. The third-order valence-corrected chi connectivity index (χ3v) is 7.49. The van der Waals surface area contributed by atoms with Crippen LogP contribution in [0.25, 0.3) is 33.4 Å². The van der Waals surface area contributed by atoms with Gasteiger partial charge in [0.1, 0.15) is 5.41 Å². The highest BCUT2D eigenvalue weighted by Gasteiger charge is 2.34. The average Bonchev–Trinajstić information content (AvgIpc) is 3.04. The highest BCUT2D eigenvalue weighted by atomic mass is 14.3. The molecule has 0 radical (unpaired) electrons. The molecule has 0 aliphatic heterocycles. The fourth-order valence-corrected chi connectivity index (χ4v) is 5.38. The topological polar surface area (TPSA) is 0 Å². The van der Waals surface area contributed by atoms with Crippen LogP contribution in [0.3, 0.4) is 0 Å². The van der Waals surface area contributed by atoms with Crippen LogP contribution in [0.1, 0.15) is 16.7 Å². The Balaban J connectivity index is 1.47. The van der Waals surface area contributed by atoms with Crippen molar-refractivity contribution in [3.05, 3.63) is 180 Å². The molecule has 0 fully saturated rings. The largest absolute Gasteiger partial charge is 0.118 e. The third-order valence-electron chi connectivity index (χ3n) is 7.49. The van der Waals surface area contributed by atoms with Crippen LogP contribution in [-0.4, -0.2) is 0 Å². The molecule has 6 rings (SSSR count). The monoisotopic (exact) mass is 496 g/mol. The van der Waals surface area contributed by atoms with Gasteiger partial charge in [0.25, 0.3) is 0 Å². The molecule has 0 saturated heterocycles. The van der Waals surface area contributed by atoms with Crippen molar-refractivity contribution in [2.75, 3.05) is 0 Å². The molecule has 6 aromatic rings. The molecule has 0 nitrogen and oxygen atoms in total. The van der Waals surface area contributed by atoms with Crippen molar-refractivity contribution in [2.24, 2.45) is 0 Å². The maximum Gasteiger partial charge on any atom is 0.106 e. The Labute approximate surface area is 231 Å². The second-order valence-electron chi connectivity index (χ2n) is 9.72. The smallest absolute Gasteiger partial charge is 0.106 e. The Kier molecular flexibility index (Phi) is 6.65. The van der Waals surface area contributed by atoms with Crippen molar-refractivity contribution in [2.45, 2.75) is 5.41 Å². The first-order valence-corrected chi connectivity index (χ1v) is 13.2. The van der Waals surface area contributed by atoms with E-state index in [1.807, 2.05) is 18.2 Å². The maximum absolute atomic E-state index is 6.50. The number of terminal acetylenes is 1. The van der Waals surface area contributed by atoms with Crippen molar-refractivity contribution in [3.63, 3.8) is 0 Å². The highest BCUT2D eigenvalue weighted by molar-refractivity contribution is 5.70. The van der Waals surface area contributed by atoms with Crippen molar-refractivity contribution in [1.82, 2.24) is 0 Å². The lowest BCUT2D eigenvalue weighted by molar-refractivity contribution is 0.811. The quantitative estimate of drug-likeness (QED) is 0.159. The fraction of sp³-hybridized carbons (Fsp3) is 0.0256. The van der Waals surface area contributed by atoms with Crippen LogP contribution < -0.4 is 0 Å². The summed E-state index contributed by atoms with van der Waals surface area (Å²) in [4.78, 5) is 0. The van der Waals surface area contributed by atoms with Gasteiger partial charge in [-0.25, -0.2) is 0 Å². The average molecular weight is 497 g/mol. The highest BCUT2D eigenvalue weighted by Crippen LogP contribution is 2.41. The summed E-state index contributed by atoms with van der Waals surface area (Å²) in [5, 5.41) is 0. The molecule has 0 atom stereocenters. The van der Waals surface area contributed by atoms with Crippen molar-refractivity contribution >= 4 is 0 Å². The van der Waals surface area contributed by atoms with Crippen LogP contribution in [0.5, 0.6) is 0 Å². The molecule has 0 N–H and O–H groups in total. The minimum atomic E-state index is -0.736. The minimum Gasteiger partial charge on any atom is -0.118 e. The summed E-state index contributed by atoms with van der Waals surface area (Å²) in [6.45, 7) is 0. The van der Waals surface area contributed by atoms with Crippen LogP contribution in [0.15, 0.2) is 164 Å². The van der Waals surface area contributed by atoms with Crippen LogP contribution in [0.4, 0.5) is 0 Å². The van der Waals surface area contributed by atoms with E-state index in [1.165, 1.54) is 33.4 Å². The lowest BCUT2D eigenvalue weighted by Gasteiger charge is -2.31. The fourth-order valence-electron chi connectivity index (χ4n) is 5.38. The van der Waals surface area contributed by atoms with E-state index < -0.39 is 5.41 Å². The summed E-state index contributed by atoms with van der Waals surface area (Å²) in [5.41, 5.74) is 9.56. The lowest BCUT2D eigenvalue weighted by atomic mass is 9.69. The first-order valence-electron chi connectivity index (χ1n) is 13.2. The number of hydrogen-bond donors (Lipinski definition) is 0. The van der Waals surface area contributed by atoms with E-state index >= 15 is 0 Å². The predicted octanol–water partition coefficient (Wildman–Crippen LogP) is 9.66. The Morgan fingerprint density at radius 3 is 0.769 bits per heavy atom. The number of hydrogen-bond acceptors (Lipinski definition) is 0. The van der Waals surface area contributed by atoms with Gasteiger partial charge in [0.15, 0.2) is 0 Å². The molecule has 184 valence electrons. The Morgan fingerprint density at radius 1 is 0.308 bits per heavy atom. The summed E-state index contributed by atoms with van der Waals surface area (Å²) in [6, 6.07) is 57.4. The van der Waals surface area contributed by atoms with Gasteiger partial charge in [0.05, 0.1) is 0 Å². The molecule has 39 heavy (non-hydrogen) atoms.